The molecule has 0 spiro atoms. The van der Waals surface area contributed by atoms with Crippen LogP contribution in [-0.2, 0) is 11.8 Å². The molecule has 1 aromatic heterocycles. The number of nitrogens with one attached hydrogen (secondary N) is 2. The first-order chi connectivity index (χ1) is 8.14. The van der Waals surface area contributed by atoms with E-state index in [1.165, 1.54) is 12.8 Å². The summed E-state index contributed by atoms with van der Waals surface area (Å²) in [4.78, 5) is 4.65. The molecule has 0 aromatic carbocycles. The molecule has 96 valence electrons. The summed E-state index contributed by atoms with van der Waals surface area (Å²) in [5, 5.41) is 11.0. The van der Waals surface area contributed by atoms with E-state index in [-0.39, 0.29) is 5.41 Å². The highest BCUT2D eigenvalue weighted by atomic mass is 15.2. The predicted octanol–water partition coefficient (Wildman–Crippen LogP) is 2.03. The Morgan fingerprint density at radius 3 is 2.88 bits per heavy atom. The van der Waals surface area contributed by atoms with Gasteiger partial charge in [0.1, 0.15) is 5.82 Å². The average molecular weight is 236 g/mol. The van der Waals surface area contributed by atoms with Crippen molar-refractivity contribution in [1.29, 1.82) is 0 Å². The SMILES string of the molecule is CCCc1nc(C(C)(C)C2CCCNC2)n[nH]1. The van der Waals surface area contributed by atoms with E-state index >= 15 is 0 Å². The minimum atomic E-state index is 0.0654. The molecule has 17 heavy (non-hydrogen) atoms. The minimum Gasteiger partial charge on any atom is -0.316 e. The smallest absolute Gasteiger partial charge is 0.156 e. The number of rotatable bonds is 4. The Hall–Kier alpha value is -0.900. The molecule has 0 radical (unpaired) electrons. The van der Waals surface area contributed by atoms with Crippen molar-refractivity contribution < 1.29 is 0 Å². The van der Waals surface area contributed by atoms with Crippen molar-refractivity contribution in [3.05, 3.63) is 11.6 Å². The molecule has 1 aliphatic rings. The van der Waals surface area contributed by atoms with E-state index in [1.54, 1.807) is 0 Å². The van der Waals surface area contributed by atoms with Crippen LogP contribution < -0.4 is 5.32 Å². The topological polar surface area (TPSA) is 53.6 Å². The van der Waals surface area contributed by atoms with Gasteiger partial charge < -0.3 is 5.32 Å². The zero-order chi connectivity index (χ0) is 12.3. The number of H-pyrrole nitrogens is 1. The largest absolute Gasteiger partial charge is 0.316 e. The fourth-order valence-corrected chi connectivity index (χ4v) is 2.58. The van der Waals surface area contributed by atoms with E-state index in [0.717, 1.165) is 37.6 Å². The van der Waals surface area contributed by atoms with Crippen LogP contribution in [0.2, 0.25) is 0 Å². The van der Waals surface area contributed by atoms with Crippen molar-refractivity contribution in [3.63, 3.8) is 0 Å². The zero-order valence-corrected chi connectivity index (χ0v) is 11.2. The second-order valence-corrected chi connectivity index (χ2v) is 5.62. The van der Waals surface area contributed by atoms with Crippen LogP contribution in [0, 0.1) is 5.92 Å². The van der Waals surface area contributed by atoms with Gasteiger partial charge in [-0.05, 0) is 38.3 Å². The van der Waals surface area contributed by atoms with Gasteiger partial charge in [0.25, 0.3) is 0 Å². The van der Waals surface area contributed by atoms with E-state index < -0.39 is 0 Å². The maximum atomic E-state index is 4.65. The van der Waals surface area contributed by atoms with Crippen molar-refractivity contribution in [3.8, 4) is 0 Å². The van der Waals surface area contributed by atoms with Gasteiger partial charge in [0.2, 0.25) is 0 Å². The first kappa shape index (κ1) is 12.6. The van der Waals surface area contributed by atoms with Crippen LogP contribution >= 0.6 is 0 Å². The van der Waals surface area contributed by atoms with Crippen LogP contribution in [0.5, 0.6) is 0 Å². The van der Waals surface area contributed by atoms with E-state index in [1.807, 2.05) is 0 Å². The van der Waals surface area contributed by atoms with Crippen LogP contribution in [-0.4, -0.2) is 28.3 Å². The Bertz CT molecular complexity index is 350. The summed E-state index contributed by atoms with van der Waals surface area (Å²) in [5.74, 6) is 2.65. The van der Waals surface area contributed by atoms with E-state index in [0.29, 0.717) is 5.92 Å². The fraction of sp³-hybridized carbons (Fsp3) is 0.846. The van der Waals surface area contributed by atoms with Crippen molar-refractivity contribution in [2.45, 2.75) is 51.9 Å². The average Bonchev–Trinajstić information content (AvgIpc) is 2.80. The number of aromatic amines is 1. The van der Waals surface area contributed by atoms with Crippen LogP contribution in [0.25, 0.3) is 0 Å². The Kier molecular flexibility index (Phi) is 3.82. The molecule has 4 heteroatoms. The predicted molar refractivity (Wildman–Crippen MR) is 69.0 cm³/mol. The Labute approximate surface area is 104 Å². The summed E-state index contributed by atoms with van der Waals surface area (Å²) in [6, 6.07) is 0. The molecule has 0 saturated carbocycles. The van der Waals surface area contributed by atoms with Gasteiger partial charge in [0.15, 0.2) is 5.82 Å². The van der Waals surface area contributed by atoms with Gasteiger partial charge in [-0.1, -0.05) is 20.8 Å². The van der Waals surface area contributed by atoms with Crippen LogP contribution in [0.4, 0.5) is 0 Å². The quantitative estimate of drug-likeness (QED) is 0.841. The maximum absolute atomic E-state index is 4.65. The van der Waals surface area contributed by atoms with Crippen LogP contribution in [0.3, 0.4) is 0 Å². The second kappa shape index (κ2) is 5.17. The third-order valence-corrected chi connectivity index (χ3v) is 3.91. The first-order valence-electron chi connectivity index (χ1n) is 6.77. The normalized spacial score (nSPS) is 21.7. The van der Waals surface area contributed by atoms with Gasteiger partial charge in [-0.3, -0.25) is 5.10 Å². The second-order valence-electron chi connectivity index (χ2n) is 5.62. The van der Waals surface area contributed by atoms with Gasteiger partial charge in [-0.2, -0.15) is 5.10 Å². The zero-order valence-electron chi connectivity index (χ0n) is 11.2. The molecule has 2 N–H and O–H groups in total. The standard InChI is InChI=1S/C13H24N4/c1-4-6-11-15-12(17-16-11)13(2,3)10-7-5-8-14-9-10/h10,14H,4-9H2,1-3H3,(H,15,16,17). The third kappa shape index (κ3) is 2.68. The Morgan fingerprint density at radius 1 is 1.41 bits per heavy atom. The van der Waals surface area contributed by atoms with Crippen molar-refractivity contribution in [2.24, 2.45) is 5.92 Å². The molecule has 0 aliphatic carbocycles. The van der Waals surface area contributed by atoms with Crippen LogP contribution in [0.1, 0.15) is 51.7 Å². The maximum Gasteiger partial charge on any atom is 0.156 e. The highest BCUT2D eigenvalue weighted by molar-refractivity contribution is 5.08. The van der Waals surface area contributed by atoms with Crippen LogP contribution in [0.15, 0.2) is 0 Å². The molecular weight excluding hydrogens is 212 g/mol. The Balaban J connectivity index is 2.11. The molecule has 4 nitrogen and oxygen atoms in total. The molecule has 0 bridgehead atoms. The lowest BCUT2D eigenvalue weighted by Gasteiger charge is -2.35. The van der Waals surface area contributed by atoms with Crippen molar-refractivity contribution >= 4 is 0 Å². The summed E-state index contributed by atoms with van der Waals surface area (Å²) >= 11 is 0. The summed E-state index contributed by atoms with van der Waals surface area (Å²) in [7, 11) is 0. The summed E-state index contributed by atoms with van der Waals surface area (Å²) < 4.78 is 0. The summed E-state index contributed by atoms with van der Waals surface area (Å²) in [6.07, 6.45) is 4.64. The molecular formula is C13H24N4. The van der Waals surface area contributed by atoms with Gasteiger partial charge in [0, 0.05) is 11.8 Å². The molecule has 1 aromatic rings. The number of aryl methyl sites for hydroxylation is 1. The lowest BCUT2D eigenvalue weighted by molar-refractivity contribution is 0.242. The number of nitrogens with zero attached hydrogens (tertiary/aromatic N) is 2. The fourth-order valence-electron chi connectivity index (χ4n) is 2.58. The van der Waals surface area contributed by atoms with Gasteiger partial charge >= 0.3 is 0 Å². The van der Waals surface area contributed by atoms with E-state index in [4.69, 9.17) is 0 Å². The molecule has 2 rings (SSSR count). The molecule has 1 aliphatic heterocycles. The summed E-state index contributed by atoms with van der Waals surface area (Å²) in [5.41, 5.74) is 0.0654. The molecule has 1 fully saturated rings. The third-order valence-electron chi connectivity index (χ3n) is 3.91. The van der Waals surface area contributed by atoms with Crippen molar-refractivity contribution in [2.75, 3.05) is 13.1 Å². The summed E-state index contributed by atoms with van der Waals surface area (Å²) in [6.45, 7) is 8.94. The number of aromatic nitrogens is 3. The van der Waals surface area contributed by atoms with Gasteiger partial charge in [0.05, 0.1) is 0 Å². The number of hydrogen-bond acceptors (Lipinski definition) is 3. The monoisotopic (exact) mass is 236 g/mol. The molecule has 2 heterocycles. The number of piperidine rings is 1. The lowest BCUT2D eigenvalue weighted by atomic mass is 9.74. The first-order valence-corrected chi connectivity index (χ1v) is 6.77. The highest BCUT2D eigenvalue weighted by Crippen LogP contribution is 2.33. The minimum absolute atomic E-state index is 0.0654. The molecule has 1 unspecified atom stereocenters. The lowest BCUT2D eigenvalue weighted by Crippen LogP contribution is -2.41. The number of hydrogen-bond donors (Lipinski definition) is 2. The Morgan fingerprint density at radius 2 is 2.24 bits per heavy atom. The van der Waals surface area contributed by atoms with E-state index in [2.05, 4.69) is 41.3 Å². The van der Waals surface area contributed by atoms with Gasteiger partial charge in [-0.25, -0.2) is 4.98 Å². The molecule has 1 saturated heterocycles. The van der Waals surface area contributed by atoms with Crippen molar-refractivity contribution in [1.82, 2.24) is 20.5 Å². The van der Waals surface area contributed by atoms with Gasteiger partial charge in [-0.15, -0.1) is 0 Å². The highest BCUT2D eigenvalue weighted by Gasteiger charge is 2.35. The molecule has 0 amide bonds. The van der Waals surface area contributed by atoms with E-state index in [9.17, 15) is 0 Å². The molecule has 1 atom stereocenters.